The summed E-state index contributed by atoms with van der Waals surface area (Å²) in [6.45, 7) is 5.81. The van der Waals surface area contributed by atoms with Crippen LogP contribution in [0.3, 0.4) is 0 Å². The smallest absolute Gasteiger partial charge is 0.311 e. The molecule has 0 saturated heterocycles. The molecule has 0 heterocycles. The van der Waals surface area contributed by atoms with Gasteiger partial charge in [-0.25, -0.2) is 0 Å². The minimum absolute atomic E-state index is 0.0393. The Bertz CT molecular complexity index is 655. The molecule has 0 amide bonds. The van der Waals surface area contributed by atoms with Crippen molar-refractivity contribution in [1.29, 1.82) is 0 Å². The van der Waals surface area contributed by atoms with Crippen molar-refractivity contribution in [2.75, 3.05) is 25.9 Å². The van der Waals surface area contributed by atoms with Gasteiger partial charge in [-0.1, -0.05) is 38.5 Å². The lowest BCUT2D eigenvalue weighted by Gasteiger charge is -2.13. The van der Waals surface area contributed by atoms with Gasteiger partial charge < -0.3 is 9.64 Å². The third-order valence-corrected chi connectivity index (χ3v) is 3.41. The molecule has 2 aromatic carbocycles. The van der Waals surface area contributed by atoms with Crippen molar-refractivity contribution >= 4 is 28.9 Å². The van der Waals surface area contributed by atoms with E-state index in [4.69, 9.17) is 16.3 Å². The zero-order valence-corrected chi connectivity index (χ0v) is 17.9. The molecule has 2 aromatic rings. The van der Waals surface area contributed by atoms with Crippen molar-refractivity contribution < 1.29 is 14.6 Å². The Kier molecular flexibility index (Phi) is 14.2. The molecular formula is C20H29Cl2N2O3+. The summed E-state index contributed by atoms with van der Waals surface area (Å²) < 4.78 is 5.68. The molecule has 5 nitrogen and oxygen atoms in total. The molecule has 2 rings (SSSR count). The molecule has 0 spiro atoms. The summed E-state index contributed by atoms with van der Waals surface area (Å²) in [4.78, 5) is 11.9. The summed E-state index contributed by atoms with van der Waals surface area (Å²) in [5.74, 6) is 1.41. The predicted molar refractivity (Wildman–Crippen MR) is 114 cm³/mol. The van der Waals surface area contributed by atoms with Crippen molar-refractivity contribution in [3.8, 4) is 11.5 Å². The van der Waals surface area contributed by atoms with Gasteiger partial charge in [0.2, 0.25) is 5.75 Å². The largest absolute Gasteiger partial charge is 0.450 e. The summed E-state index contributed by atoms with van der Waals surface area (Å²) >= 11 is 10.4. The van der Waals surface area contributed by atoms with Crippen molar-refractivity contribution in [2.45, 2.75) is 26.8 Å². The Balaban J connectivity index is 0.00000123. The van der Waals surface area contributed by atoms with Gasteiger partial charge in [0.15, 0.2) is 0 Å². The second-order valence-electron chi connectivity index (χ2n) is 5.75. The van der Waals surface area contributed by atoms with Gasteiger partial charge in [-0.2, -0.15) is 0 Å². The summed E-state index contributed by atoms with van der Waals surface area (Å²) in [6, 6.07) is 14.0. The molecule has 150 valence electrons. The number of nitrogens with one attached hydrogen (secondary N) is 1. The van der Waals surface area contributed by atoms with Crippen LogP contribution in [0.25, 0.3) is 0 Å². The Morgan fingerprint density at radius 2 is 1.70 bits per heavy atom. The number of hydrogen-bond donors (Lipinski definition) is 1. The van der Waals surface area contributed by atoms with Crippen molar-refractivity contribution in [3.05, 3.63) is 64.2 Å². The molecule has 0 radical (unpaired) electrons. The van der Waals surface area contributed by atoms with E-state index in [0.29, 0.717) is 11.6 Å². The first-order valence-electron chi connectivity index (χ1n) is 8.77. The average Bonchev–Trinajstić information content (AvgIpc) is 2.65. The molecule has 1 atom stereocenters. The van der Waals surface area contributed by atoms with Gasteiger partial charge in [0, 0.05) is 18.0 Å². The quantitative estimate of drug-likeness (QED) is 0.396. The minimum Gasteiger partial charge on any atom is -0.450 e. The molecule has 0 fully saturated rings. The SMILES string of the molecule is CCC.CCl.C[NH+](CCCl)Cc1ccc([N+](=O)[O-])c(Oc2ccccc2)c1. The molecule has 7 heteroatoms. The molecule has 0 aliphatic carbocycles. The van der Waals surface area contributed by atoms with E-state index in [2.05, 4.69) is 25.4 Å². The maximum Gasteiger partial charge on any atom is 0.311 e. The van der Waals surface area contributed by atoms with E-state index in [0.717, 1.165) is 18.7 Å². The van der Waals surface area contributed by atoms with Gasteiger partial charge in [-0.3, -0.25) is 10.1 Å². The fraction of sp³-hybridized carbons (Fsp3) is 0.400. The summed E-state index contributed by atoms with van der Waals surface area (Å²) in [5, 5.41) is 11.2. The number of alkyl halides is 2. The lowest BCUT2D eigenvalue weighted by molar-refractivity contribution is -0.891. The van der Waals surface area contributed by atoms with Gasteiger partial charge in [0.1, 0.15) is 12.3 Å². The van der Waals surface area contributed by atoms with Crippen LogP contribution in [0, 0.1) is 10.1 Å². The maximum absolute atomic E-state index is 11.2. The highest BCUT2D eigenvalue weighted by atomic mass is 35.5. The van der Waals surface area contributed by atoms with Crippen molar-refractivity contribution in [3.63, 3.8) is 0 Å². The fourth-order valence-corrected chi connectivity index (χ4v) is 2.44. The molecule has 1 N–H and O–H groups in total. The van der Waals surface area contributed by atoms with Gasteiger partial charge in [0.05, 0.1) is 24.4 Å². The second-order valence-corrected chi connectivity index (χ2v) is 6.13. The van der Waals surface area contributed by atoms with Crippen LogP contribution in [0.5, 0.6) is 11.5 Å². The van der Waals surface area contributed by atoms with Crippen LogP contribution in [0.1, 0.15) is 25.8 Å². The van der Waals surface area contributed by atoms with E-state index in [1.807, 2.05) is 25.2 Å². The monoisotopic (exact) mass is 415 g/mol. The first kappa shape index (κ1) is 25.2. The van der Waals surface area contributed by atoms with Crippen LogP contribution in [0.15, 0.2) is 48.5 Å². The van der Waals surface area contributed by atoms with Crippen molar-refractivity contribution in [1.82, 2.24) is 0 Å². The van der Waals surface area contributed by atoms with Crippen LogP contribution in [0.2, 0.25) is 0 Å². The normalized spacial score (nSPS) is 10.6. The number of para-hydroxylation sites is 1. The lowest BCUT2D eigenvalue weighted by atomic mass is 10.1. The number of ether oxygens (including phenoxy) is 1. The number of nitrogens with zero attached hydrogens (tertiary/aromatic N) is 1. The van der Waals surface area contributed by atoms with Crippen LogP contribution in [-0.2, 0) is 6.54 Å². The maximum atomic E-state index is 11.2. The van der Waals surface area contributed by atoms with Gasteiger partial charge in [0.25, 0.3) is 0 Å². The highest BCUT2D eigenvalue weighted by Crippen LogP contribution is 2.32. The molecule has 1 unspecified atom stereocenters. The number of quaternary nitrogens is 1. The van der Waals surface area contributed by atoms with Gasteiger partial charge in [-0.15, -0.1) is 23.2 Å². The lowest BCUT2D eigenvalue weighted by Crippen LogP contribution is -3.07. The number of hydrogen-bond acceptors (Lipinski definition) is 3. The zero-order chi connectivity index (χ0) is 20.7. The molecule has 0 aliphatic rings. The van der Waals surface area contributed by atoms with E-state index in [-0.39, 0.29) is 11.4 Å². The van der Waals surface area contributed by atoms with Crippen LogP contribution in [-0.4, -0.2) is 30.8 Å². The third-order valence-electron chi connectivity index (χ3n) is 3.22. The van der Waals surface area contributed by atoms with E-state index in [1.54, 1.807) is 24.3 Å². The molecule has 0 aromatic heterocycles. The fourth-order valence-electron chi connectivity index (χ4n) is 2.11. The highest BCUT2D eigenvalue weighted by Gasteiger charge is 2.17. The first-order valence-corrected chi connectivity index (χ1v) is 10.1. The van der Waals surface area contributed by atoms with Crippen LogP contribution >= 0.6 is 23.2 Å². The van der Waals surface area contributed by atoms with E-state index >= 15 is 0 Å². The Hall–Kier alpha value is -1.82. The van der Waals surface area contributed by atoms with E-state index in [9.17, 15) is 10.1 Å². The summed E-state index contributed by atoms with van der Waals surface area (Å²) in [7, 11) is 2.03. The predicted octanol–water partition coefficient (Wildman–Crippen LogP) is 4.91. The molecular weight excluding hydrogens is 387 g/mol. The highest BCUT2D eigenvalue weighted by molar-refractivity contribution is 6.17. The molecule has 0 bridgehead atoms. The summed E-state index contributed by atoms with van der Waals surface area (Å²) in [6.07, 6.45) is 2.72. The van der Waals surface area contributed by atoms with Gasteiger partial charge >= 0.3 is 5.69 Å². The topological polar surface area (TPSA) is 56.8 Å². The van der Waals surface area contributed by atoms with E-state index < -0.39 is 4.92 Å². The first-order chi connectivity index (χ1) is 13.0. The molecule has 27 heavy (non-hydrogen) atoms. The molecule has 0 saturated carbocycles. The Labute approximate surface area is 172 Å². The Morgan fingerprint density at radius 1 is 1.11 bits per heavy atom. The van der Waals surface area contributed by atoms with Crippen LogP contribution < -0.4 is 9.64 Å². The number of halogens is 2. The van der Waals surface area contributed by atoms with Crippen LogP contribution in [0.4, 0.5) is 5.69 Å². The summed E-state index contributed by atoms with van der Waals surface area (Å²) in [5.41, 5.74) is 0.932. The second kappa shape index (κ2) is 15.3. The molecule has 0 aliphatic heterocycles. The standard InChI is InChI=1S/C16H17ClN2O3.C3H8.CH3Cl/c1-18(10-9-17)12-13-7-8-15(19(20)21)16(11-13)22-14-5-3-2-4-6-14;1-3-2;1-2/h2-8,11H,9-10,12H2,1H3;3H2,1-2H3;1H3/p+1. The van der Waals surface area contributed by atoms with Crippen molar-refractivity contribution in [2.24, 2.45) is 0 Å². The number of nitro groups is 1. The van der Waals surface area contributed by atoms with Gasteiger partial charge in [-0.05, 0) is 24.3 Å². The number of nitro benzene ring substituents is 1. The number of rotatable bonds is 7. The van der Waals surface area contributed by atoms with E-state index in [1.165, 1.54) is 23.8 Å². The average molecular weight is 416 g/mol. The number of benzene rings is 2. The third kappa shape index (κ3) is 10.2. The minimum atomic E-state index is -0.433. The zero-order valence-electron chi connectivity index (χ0n) is 16.4. The Morgan fingerprint density at radius 3 is 2.22 bits per heavy atom.